The van der Waals surface area contributed by atoms with Crippen LogP contribution in [0.15, 0.2) is 40.4 Å². The average molecular weight is 287 g/mol. The van der Waals surface area contributed by atoms with Crippen LogP contribution in [0.25, 0.3) is 0 Å². The summed E-state index contributed by atoms with van der Waals surface area (Å²) in [5.74, 6) is 0.984. The van der Waals surface area contributed by atoms with Gasteiger partial charge in [0.2, 0.25) is 5.95 Å². The number of aromatic amines is 1. The Hall–Kier alpha value is -2.70. The topological polar surface area (TPSA) is 92.3 Å². The maximum absolute atomic E-state index is 11.0. The van der Waals surface area contributed by atoms with Crippen LogP contribution in [0, 0.1) is 0 Å². The molecule has 0 aliphatic rings. The number of hydrogen-bond donors (Lipinski definition) is 2. The molecule has 2 N–H and O–H groups in total. The van der Waals surface area contributed by atoms with Crippen molar-refractivity contribution in [2.75, 3.05) is 5.43 Å². The zero-order chi connectivity index (χ0) is 15.3. The number of hydrogen-bond acceptors (Lipinski definition) is 6. The van der Waals surface area contributed by atoms with E-state index in [1.807, 2.05) is 45.0 Å². The van der Waals surface area contributed by atoms with Crippen LogP contribution < -0.4 is 15.7 Å². The normalized spacial score (nSPS) is 11.6. The Labute approximate surface area is 122 Å². The molecule has 0 saturated heterocycles. The summed E-state index contributed by atoms with van der Waals surface area (Å²) in [6.45, 7) is 5.98. The van der Waals surface area contributed by atoms with Crippen molar-refractivity contribution in [2.24, 2.45) is 5.10 Å². The Morgan fingerprint density at radius 2 is 2.00 bits per heavy atom. The van der Waals surface area contributed by atoms with Gasteiger partial charge in [0.25, 0.3) is 5.56 Å². The van der Waals surface area contributed by atoms with Crippen molar-refractivity contribution in [1.29, 1.82) is 0 Å². The molecule has 7 nitrogen and oxygen atoms in total. The second kappa shape index (κ2) is 6.17. The predicted octanol–water partition coefficient (Wildman–Crippen LogP) is 1.79. The van der Waals surface area contributed by atoms with Crippen molar-refractivity contribution < 1.29 is 4.74 Å². The van der Waals surface area contributed by atoms with Gasteiger partial charge in [-0.2, -0.15) is 5.10 Å². The number of nitrogens with zero attached hydrogens (tertiary/aromatic N) is 3. The lowest BCUT2D eigenvalue weighted by Gasteiger charge is -2.21. The molecule has 0 fully saturated rings. The molecule has 0 unspecified atom stereocenters. The Kier molecular flexibility index (Phi) is 4.32. The minimum atomic E-state index is -0.341. The third-order valence-corrected chi connectivity index (χ3v) is 2.26. The van der Waals surface area contributed by atoms with Crippen LogP contribution in [-0.4, -0.2) is 27.0 Å². The highest BCUT2D eigenvalue weighted by molar-refractivity contribution is 5.80. The maximum Gasteiger partial charge on any atom is 0.271 e. The van der Waals surface area contributed by atoms with Gasteiger partial charge in [-0.25, -0.2) is 5.43 Å². The van der Waals surface area contributed by atoms with Crippen molar-refractivity contribution in [3.63, 3.8) is 0 Å². The van der Waals surface area contributed by atoms with Crippen LogP contribution in [0.4, 0.5) is 5.95 Å². The first kappa shape index (κ1) is 14.7. The van der Waals surface area contributed by atoms with Gasteiger partial charge < -0.3 is 4.74 Å². The van der Waals surface area contributed by atoms with Gasteiger partial charge in [-0.3, -0.25) is 9.78 Å². The number of H-pyrrole nitrogens is 1. The van der Waals surface area contributed by atoms with E-state index >= 15 is 0 Å². The molecule has 7 heteroatoms. The average Bonchev–Trinajstić information content (AvgIpc) is 2.39. The summed E-state index contributed by atoms with van der Waals surface area (Å²) in [6.07, 6.45) is 2.69. The fraction of sp³-hybridized carbons (Fsp3) is 0.286. The fourth-order valence-electron chi connectivity index (χ4n) is 1.51. The van der Waals surface area contributed by atoms with E-state index in [0.29, 0.717) is 0 Å². The highest BCUT2D eigenvalue weighted by Crippen LogP contribution is 2.17. The van der Waals surface area contributed by atoms with Crippen LogP contribution in [0.1, 0.15) is 26.3 Å². The number of anilines is 1. The minimum absolute atomic E-state index is 0.187. The Balaban J connectivity index is 1.97. The zero-order valence-electron chi connectivity index (χ0n) is 12.1. The number of nitrogens with one attached hydrogen (secondary N) is 2. The van der Waals surface area contributed by atoms with Crippen molar-refractivity contribution in [3.8, 4) is 5.75 Å². The third kappa shape index (κ3) is 5.06. The fourth-order valence-corrected chi connectivity index (χ4v) is 1.51. The second-order valence-corrected chi connectivity index (χ2v) is 5.34. The summed E-state index contributed by atoms with van der Waals surface area (Å²) in [5, 5.41) is 11.2. The SMILES string of the molecule is CC(C)(C)Oc1ccc(/C=N/Nc2nncc(=O)[nH]2)cc1. The zero-order valence-corrected chi connectivity index (χ0v) is 12.1. The number of benzene rings is 1. The molecule has 0 aliphatic heterocycles. The summed E-state index contributed by atoms with van der Waals surface area (Å²) in [6, 6.07) is 7.50. The van der Waals surface area contributed by atoms with Gasteiger partial charge in [0.05, 0.1) is 6.21 Å². The standard InChI is InChI=1S/C14H17N5O2/c1-14(2,3)21-11-6-4-10(5-7-11)8-15-18-13-17-12(20)9-16-19-13/h4-9H,1-3H3,(H2,17,18,19,20)/b15-8+. The number of rotatable bonds is 4. The maximum atomic E-state index is 11.0. The molecule has 1 aromatic heterocycles. The lowest BCUT2D eigenvalue weighted by molar-refractivity contribution is 0.131. The van der Waals surface area contributed by atoms with E-state index in [-0.39, 0.29) is 17.1 Å². The first-order valence-electron chi connectivity index (χ1n) is 6.42. The van der Waals surface area contributed by atoms with E-state index in [1.54, 1.807) is 6.21 Å². The van der Waals surface area contributed by atoms with Crippen molar-refractivity contribution in [1.82, 2.24) is 15.2 Å². The van der Waals surface area contributed by atoms with E-state index in [2.05, 4.69) is 25.7 Å². The van der Waals surface area contributed by atoms with Crippen molar-refractivity contribution in [2.45, 2.75) is 26.4 Å². The van der Waals surface area contributed by atoms with Gasteiger partial charge in [-0.05, 0) is 50.6 Å². The molecule has 1 heterocycles. The highest BCUT2D eigenvalue weighted by Gasteiger charge is 2.10. The predicted molar refractivity (Wildman–Crippen MR) is 80.7 cm³/mol. The number of hydrazone groups is 1. The molecular weight excluding hydrogens is 270 g/mol. The van der Waals surface area contributed by atoms with Gasteiger partial charge in [0.15, 0.2) is 0 Å². The monoisotopic (exact) mass is 287 g/mol. The molecule has 1 aromatic carbocycles. The Morgan fingerprint density at radius 1 is 1.29 bits per heavy atom. The van der Waals surface area contributed by atoms with Gasteiger partial charge in [0.1, 0.15) is 17.5 Å². The summed E-state index contributed by atoms with van der Waals surface area (Å²) >= 11 is 0. The van der Waals surface area contributed by atoms with E-state index in [9.17, 15) is 4.79 Å². The molecule has 2 aromatic rings. The lowest BCUT2D eigenvalue weighted by Crippen LogP contribution is -2.22. The van der Waals surface area contributed by atoms with Crippen molar-refractivity contribution >= 4 is 12.2 Å². The van der Waals surface area contributed by atoms with Crippen LogP contribution in [0.2, 0.25) is 0 Å². The smallest absolute Gasteiger partial charge is 0.271 e. The first-order valence-corrected chi connectivity index (χ1v) is 6.42. The van der Waals surface area contributed by atoms with Crippen LogP contribution in [0.3, 0.4) is 0 Å². The molecule has 21 heavy (non-hydrogen) atoms. The van der Waals surface area contributed by atoms with Gasteiger partial charge in [-0.1, -0.05) is 0 Å². The third-order valence-electron chi connectivity index (χ3n) is 2.26. The molecule has 2 rings (SSSR count). The number of aromatic nitrogens is 3. The van der Waals surface area contributed by atoms with Crippen LogP contribution >= 0.6 is 0 Å². The molecule has 0 atom stereocenters. The largest absolute Gasteiger partial charge is 0.488 e. The van der Waals surface area contributed by atoms with Crippen molar-refractivity contribution in [3.05, 3.63) is 46.4 Å². The van der Waals surface area contributed by atoms with E-state index in [0.717, 1.165) is 17.5 Å². The number of ether oxygens (including phenoxy) is 1. The Morgan fingerprint density at radius 3 is 2.62 bits per heavy atom. The molecule has 110 valence electrons. The quantitative estimate of drug-likeness (QED) is 0.660. The van der Waals surface area contributed by atoms with E-state index in [1.165, 1.54) is 0 Å². The minimum Gasteiger partial charge on any atom is -0.488 e. The van der Waals surface area contributed by atoms with Gasteiger partial charge >= 0.3 is 0 Å². The highest BCUT2D eigenvalue weighted by atomic mass is 16.5. The molecule has 0 saturated carbocycles. The molecule has 0 amide bonds. The molecule has 0 spiro atoms. The molecule has 0 aliphatic carbocycles. The first-order chi connectivity index (χ1) is 9.92. The summed E-state index contributed by atoms with van der Waals surface area (Å²) in [7, 11) is 0. The summed E-state index contributed by atoms with van der Waals surface area (Å²) in [4.78, 5) is 13.5. The molecule has 0 radical (unpaired) electrons. The second-order valence-electron chi connectivity index (χ2n) is 5.34. The van der Waals surface area contributed by atoms with Gasteiger partial charge in [-0.15, -0.1) is 10.2 Å². The Bertz CT molecular complexity index is 671. The summed E-state index contributed by atoms with van der Waals surface area (Å²) in [5.41, 5.74) is 2.91. The van der Waals surface area contributed by atoms with Gasteiger partial charge in [0, 0.05) is 0 Å². The van der Waals surface area contributed by atoms with E-state index < -0.39 is 0 Å². The molecule has 0 bridgehead atoms. The van der Waals surface area contributed by atoms with E-state index in [4.69, 9.17) is 4.74 Å². The lowest BCUT2D eigenvalue weighted by atomic mass is 10.2. The molecular formula is C14H17N5O2. The van der Waals surface area contributed by atoms with Crippen LogP contribution in [-0.2, 0) is 0 Å². The van der Waals surface area contributed by atoms with Crippen LogP contribution in [0.5, 0.6) is 5.75 Å². The summed E-state index contributed by atoms with van der Waals surface area (Å²) < 4.78 is 5.73.